The normalized spacial score (nSPS) is 26.6. The zero-order valence-corrected chi connectivity index (χ0v) is 13.0. The lowest BCUT2D eigenvalue weighted by atomic mass is 9.94. The van der Waals surface area contributed by atoms with Gasteiger partial charge < -0.3 is 5.32 Å². The van der Waals surface area contributed by atoms with E-state index in [9.17, 15) is 8.42 Å². The lowest BCUT2D eigenvalue weighted by molar-refractivity contribution is 0.118. The van der Waals surface area contributed by atoms with Crippen LogP contribution < -0.4 is 5.32 Å². The van der Waals surface area contributed by atoms with E-state index in [0.717, 1.165) is 25.9 Å². The standard InChI is InChI=1S/C13H24N2O2S.ClH/c1-2-10-18(16,17)13-11-14-8-9-15(13)12-6-4-3-5-7-12;/h2,12-14H,1,3-11H2;1H. The molecule has 0 spiro atoms. The zero-order chi connectivity index (χ0) is 13.0. The summed E-state index contributed by atoms with van der Waals surface area (Å²) >= 11 is 0. The van der Waals surface area contributed by atoms with E-state index >= 15 is 0 Å². The van der Waals surface area contributed by atoms with Crippen molar-refractivity contribution >= 4 is 22.2 Å². The molecule has 0 amide bonds. The lowest BCUT2D eigenvalue weighted by Gasteiger charge is -2.42. The van der Waals surface area contributed by atoms with Gasteiger partial charge in [-0.25, -0.2) is 8.42 Å². The number of rotatable bonds is 4. The van der Waals surface area contributed by atoms with E-state index in [1.807, 2.05) is 0 Å². The molecule has 4 nitrogen and oxygen atoms in total. The van der Waals surface area contributed by atoms with Crippen molar-refractivity contribution in [2.45, 2.75) is 43.5 Å². The number of hydrogen-bond acceptors (Lipinski definition) is 4. The van der Waals surface area contributed by atoms with Crippen LogP contribution in [0.15, 0.2) is 12.7 Å². The number of piperazine rings is 1. The molecule has 1 unspecified atom stereocenters. The van der Waals surface area contributed by atoms with E-state index in [2.05, 4.69) is 16.8 Å². The molecular formula is C13H25ClN2O2S. The minimum Gasteiger partial charge on any atom is -0.313 e. The van der Waals surface area contributed by atoms with Crippen LogP contribution in [0, 0.1) is 0 Å². The summed E-state index contributed by atoms with van der Waals surface area (Å²) in [5, 5.41) is 2.86. The Balaban J connectivity index is 0.00000180. The number of sulfone groups is 1. The largest absolute Gasteiger partial charge is 0.313 e. The van der Waals surface area contributed by atoms with Crippen molar-refractivity contribution in [3.8, 4) is 0 Å². The van der Waals surface area contributed by atoms with Crippen molar-refractivity contribution in [2.75, 3.05) is 25.4 Å². The second-order valence-corrected chi connectivity index (χ2v) is 7.51. The molecule has 1 saturated carbocycles. The quantitative estimate of drug-likeness (QED) is 0.801. The van der Waals surface area contributed by atoms with Crippen LogP contribution in [-0.2, 0) is 9.84 Å². The Morgan fingerprint density at radius 2 is 1.95 bits per heavy atom. The maximum absolute atomic E-state index is 12.3. The van der Waals surface area contributed by atoms with E-state index in [1.165, 1.54) is 25.3 Å². The van der Waals surface area contributed by atoms with E-state index in [4.69, 9.17) is 0 Å². The van der Waals surface area contributed by atoms with Gasteiger partial charge in [-0.1, -0.05) is 25.3 Å². The summed E-state index contributed by atoms with van der Waals surface area (Å²) in [6.45, 7) is 5.87. The molecule has 0 aromatic heterocycles. The highest BCUT2D eigenvalue weighted by Crippen LogP contribution is 2.26. The molecule has 1 saturated heterocycles. The second-order valence-electron chi connectivity index (χ2n) is 5.31. The van der Waals surface area contributed by atoms with E-state index in [1.54, 1.807) is 0 Å². The van der Waals surface area contributed by atoms with Gasteiger partial charge in [-0.05, 0) is 12.8 Å². The smallest absolute Gasteiger partial charge is 0.171 e. The Bertz CT molecular complexity index is 380. The van der Waals surface area contributed by atoms with Crippen LogP contribution >= 0.6 is 12.4 Å². The van der Waals surface area contributed by atoms with Crippen molar-refractivity contribution in [1.29, 1.82) is 0 Å². The molecule has 2 aliphatic rings. The van der Waals surface area contributed by atoms with Crippen LogP contribution in [0.2, 0.25) is 0 Å². The topological polar surface area (TPSA) is 49.4 Å². The van der Waals surface area contributed by atoms with Gasteiger partial charge in [0.15, 0.2) is 9.84 Å². The van der Waals surface area contributed by atoms with Crippen LogP contribution in [0.1, 0.15) is 32.1 Å². The summed E-state index contributed by atoms with van der Waals surface area (Å²) in [5.41, 5.74) is 0. The predicted molar refractivity (Wildman–Crippen MR) is 81.5 cm³/mol. The summed E-state index contributed by atoms with van der Waals surface area (Å²) in [5.74, 6) is 0.0859. The molecule has 2 fully saturated rings. The minimum atomic E-state index is -3.09. The summed E-state index contributed by atoms with van der Waals surface area (Å²) in [7, 11) is -3.09. The number of nitrogens with one attached hydrogen (secondary N) is 1. The molecule has 0 radical (unpaired) electrons. The summed E-state index contributed by atoms with van der Waals surface area (Å²) < 4.78 is 24.6. The van der Waals surface area contributed by atoms with Crippen molar-refractivity contribution < 1.29 is 8.42 Å². The zero-order valence-electron chi connectivity index (χ0n) is 11.4. The lowest BCUT2D eigenvalue weighted by Crippen LogP contribution is -2.58. The fraction of sp³-hybridized carbons (Fsp3) is 0.846. The van der Waals surface area contributed by atoms with Crippen molar-refractivity contribution in [2.24, 2.45) is 0 Å². The van der Waals surface area contributed by atoms with Gasteiger partial charge in [-0.3, -0.25) is 4.90 Å². The molecule has 1 aliphatic heterocycles. The average Bonchev–Trinajstić information content (AvgIpc) is 2.40. The van der Waals surface area contributed by atoms with Gasteiger partial charge in [0.25, 0.3) is 0 Å². The van der Waals surface area contributed by atoms with Crippen LogP contribution in [0.5, 0.6) is 0 Å². The van der Waals surface area contributed by atoms with Crippen LogP contribution in [0.25, 0.3) is 0 Å². The molecular weight excluding hydrogens is 284 g/mol. The molecule has 0 aromatic carbocycles. The molecule has 1 atom stereocenters. The van der Waals surface area contributed by atoms with Crippen molar-refractivity contribution in [3.05, 3.63) is 12.7 Å². The van der Waals surface area contributed by atoms with Gasteiger partial charge in [0.2, 0.25) is 0 Å². The number of halogens is 1. The Labute approximate surface area is 123 Å². The Hall–Kier alpha value is -0.100. The summed E-state index contributed by atoms with van der Waals surface area (Å²) in [6.07, 6.45) is 7.58. The highest BCUT2D eigenvalue weighted by Gasteiger charge is 2.36. The summed E-state index contributed by atoms with van der Waals surface area (Å²) in [6, 6.07) is 0.463. The molecule has 0 bridgehead atoms. The van der Waals surface area contributed by atoms with Crippen molar-refractivity contribution in [1.82, 2.24) is 10.2 Å². The SMILES string of the molecule is C=CCS(=O)(=O)C1CNCCN1C1CCCCC1.Cl. The second kappa shape index (κ2) is 7.62. The fourth-order valence-corrected chi connectivity index (χ4v) is 4.75. The first-order valence-corrected chi connectivity index (χ1v) is 8.65. The molecule has 1 N–H and O–H groups in total. The van der Waals surface area contributed by atoms with Gasteiger partial charge in [-0.2, -0.15) is 0 Å². The predicted octanol–water partition coefficient (Wildman–Crippen LogP) is 1.57. The van der Waals surface area contributed by atoms with Crippen LogP contribution in [0.3, 0.4) is 0 Å². The maximum Gasteiger partial charge on any atom is 0.171 e. The highest BCUT2D eigenvalue weighted by molar-refractivity contribution is 7.92. The maximum atomic E-state index is 12.3. The van der Waals surface area contributed by atoms with E-state index in [-0.39, 0.29) is 23.5 Å². The van der Waals surface area contributed by atoms with Gasteiger partial charge in [-0.15, -0.1) is 19.0 Å². The molecule has 112 valence electrons. The Morgan fingerprint density at radius 1 is 1.26 bits per heavy atom. The molecule has 6 heteroatoms. The molecule has 1 heterocycles. The van der Waals surface area contributed by atoms with E-state index < -0.39 is 9.84 Å². The third-order valence-electron chi connectivity index (χ3n) is 4.04. The molecule has 2 rings (SSSR count). The Kier molecular flexibility index (Phi) is 6.80. The van der Waals surface area contributed by atoms with Gasteiger partial charge in [0.1, 0.15) is 5.37 Å². The molecule has 1 aliphatic carbocycles. The first-order valence-electron chi connectivity index (χ1n) is 6.94. The highest BCUT2D eigenvalue weighted by atomic mass is 35.5. The van der Waals surface area contributed by atoms with Crippen LogP contribution in [-0.4, -0.2) is 50.1 Å². The van der Waals surface area contributed by atoms with Crippen LogP contribution in [0.4, 0.5) is 0 Å². The third-order valence-corrected chi connectivity index (χ3v) is 6.01. The third kappa shape index (κ3) is 4.18. The first kappa shape index (κ1) is 17.0. The average molecular weight is 309 g/mol. The van der Waals surface area contributed by atoms with E-state index in [0.29, 0.717) is 12.6 Å². The fourth-order valence-electron chi connectivity index (χ4n) is 3.13. The number of hydrogen-bond donors (Lipinski definition) is 1. The number of nitrogens with zero attached hydrogens (tertiary/aromatic N) is 1. The van der Waals surface area contributed by atoms with Gasteiger partial charge in [0, 0.05) is 25.7 Å². The minimum absolute atomic E-state index is 0. The molecule has 0 aromatic rings. The molecule has 19 heavy (non-hydrogen) atoms. The summed E-state index contributed by atoms with van der Waals surface area (Å²) in [4.78, 5) is 2.23. The monoisotopic (exact) mass is 308 g/mol. The van der Waals surface area contributed by atoms with Gasteiger partial charge in [0.05, 0.1) is 5.75 Å². The van der Waals surface area contributed by atoms with Gasteiger partial charge >= 0.3 is 0 Å². The first-order chi connectivity index (χ1) is 8.65. The van der Waals surface area contributed by atoms with Crippen molar-refractivity contribution in [3.63, 3.8) is 0 Å². The Morgan fingerprint density at radius 3 is 2.58 bits per heavy atom.